The second-order valence-electron chi connectivity index (χ2n) is 7.97. The number of nitrogens with one attached hydrogen (secondary N) is 1. The van der Waals surface area contributed by atoms with E-state index >= 15 is 0 Å². The second-order valence-corrected chi connectivity index (χ2v) is 7.97. The van der Waals surface area contributed by atoms with Crippen molar-refractivity contribution in [3.05, 3.63) is 70.8 Å². The van der Waals surface area contributed by atoms with Crippen molar-refractivity contribution in [2.75, 3.05) is 4.90 Å². The number of benzene rings is 2. The number of fused-ring (bicyclic) bond motifs is 4. The average Bonchev–Trinajstić information content (AvgIpc) is 3.19. The minimum Gasteiger partial charge on any atom is -0.480 e. The summed E-state index contributed by atoms with van der Waals surface area (Å²) in [5, 5.41) is 25.1. The van der Waals surface area contributed by atoms with Gasteiger partial charge in [0.1, 0.15) is 17.8 Å². The van der Waals surface area contributed by atoms with Gasteiger partial charge in [-0.2, -0.15) is 0 Å². The largest absolute Gasteiger partial charge is 0.480 e. The molecular formula is C22H20N4O5. The van der Waals surface area contributed by atoms with Gasteiger partial charge in [0.2, 0.25) is 5.91 Å². The van der Waals surface area contributed by atoms with Crippen LogP contribution in [0, 0.1) is 0 Å². The Morgan fingerprint density at radius 2 is 1.90 bits per heavy atom. The Morgan fingerprint density at radius 3 is 2.68 bits per heavy atom. The molecule has 0 spiro atoms. The molecule has 3 heterocycles. The number of aliphatic carboxylic acids is 1. The zero-order valence-corrected chi connectivity index (χ0v) is 16.6. The monoisotopic (exact) mass is 420 g/mol. The number of carbonyl (C=O) groups is 2. The van der Waals surface area contributed by atoms with Crippen molar-refractivity contribution in [2.24, 2.45) is 0 Å². The van der Waals surface area contributed by atoms with Crippen LogP contribution in [0.1, 0.15) is 24.9 Å². The number of anilines is 1. The van der Waals surface area contributed by atoms with E-state index in [9.17, 15) is 24.6 Å². The molecule has 0 saturated carbocycles. The number of carboxylic acid groups (broad SMARTS) is 1. The Bertz CT molecular complexity index is 1290. The van der Waals surface area contributed by atoms with Crippen LogP contribution in [0.5, 0.6) is 0 Å². The predicted molar refractivity (Wildman–Crippen MR) is 112 cm³/mol. The first-order chi connectivity index (χ1) is 14.8. The Kier molecular flexibility index (Phi) is 4.21. The molecule has 0 unspecified atom stereocenters. The third kappa shape index (κ3) is 2.70. The molecule has 4 atom stereocenters. The quantitative estimate of drug-likeness (QED) is 0.574. The highest BCUT2D eigenvalue weighted by molar-refractivity contribution is 6.02. The van der Waals surface area contributed by atoms with Crippen LogP contribution >= 0.6 is 0 Å². The van der Waals surface area contributed by atoms with Gasteiger partial charge in [-0.1, -0.05) is 30.3 Å². The molecule has 2 aromatic carbocycles. The minimum atomic E-state index is -1.72. The molecular weight excluding hydrogens is 400 g/mol. The topological polar surface area (TPSA) is 125 Å². The van der Waals surface area contributed by atoms with Crippen molar-refractivity contribution in [1.29, 1.82) is 0 Å². The number of nitrogens with zero attached hydrogens (tertiary/aromatic N) is 3. The first kappa shape index (κ1) is 19.4. The third-order valence-corrected chi connectivity index (χ3v) is 6.17. The van der Waals surface area contributed by atoms with Crippen LogP contribution in [0.3, 0.4) is 0 Å². The van der Waals surface area contributed by atoms with Crippen LogP contribution in [0.15, 0.2) is 59.7 Å². The molecule has 1 aromatic heterocycles. The van der Waals surface area contributed by atoms with E-state index in [-0.39, 0.29) is 12.3 Å². The summed E-state index contributed by atoms with van der Waals surface area (Å²) in [5.41, 5.74) is -0.786. The first-order valence-electron chi connectivity index (χ1n) is 9.92. The molecule has 5 rings (SSSR count). The standard InChI is InChI=1S/C22H20N4O5/c1-12-18(27)26-16-9-5-3-7-14(16)22(31,21(26)24-12)10-17(20(29)30)25-11-23-15-8-4-2-6-13(15)19(25)28/h2-9,11-12,17,21,24,31H,10H2,1H3,(H,29,30)/t12-,17-,21+,22-/m0/s1. The Hall–Kier alpha value is -3.56. The van der Waals surface area contributed by atoms with Crippen molar-refractivity contribution in [3.8, 4) is 0 Å². The first-order valence-corrected chi connectivity index (χ1v) is 9.92. The van der Waals surface area contributed by atoms with Crippen molar-refractivity contribution in [1.82, 2.24) is 14.9 Å². The molecule has 2 aliphatic rings. The van der Waals surface area contributed by atoms with Crippen molar-refractivity contribution in [2.45, 2.75) is 37.2 Å². The number of hydrogen-bond donors (Lipinski definition) is 3. The van der Waals surface area contributed by atoms with Gasteiger partial charge >= 0.3 is 5.97 Å². The second kappa shape index (κ2) is 6.73. The number of carbonyl (C=O) groups excluding carboxylic acids is 1. The van der Waals surface area contributed by atoms with E-state index in [0.29, 0.717) is 22.2 Å². The Balaban J connectivity index is 1.63. The van der Waals surface area contributed by atoms with Crippen molar-refractivity contribution >= 4 is 28.5 Å². The maximum Gasteiger partial charge on any atom is 0.326 e. The van der Waals surface area contributed by atoms with Gasteiger partial charge in [0.15, 0.2) is 0 Å². The predicted octanol–water partition coefficient (Wildman–Crippen LogP) is 0.964. The summed E-state index contributed by atoms with van der Waals surface area (Å²) < 4.78 is 1.04. The number of amides is 1. The van der Waals surface area contributed by atoms with E-state index in [4.69, 9.17) is 0 Å². The maximum atomic E-state index is 13.0. The lowest BCUT2D eigenvalue weighted by Gasteiger charge is -2.33. The maximum absolute atomic E-state index is 13.0. The molecule has 0 aliphatic carbocycles. The Labute approximate surface area is 176 Å². The fraction of sp³-hybridized carbons (Fsp3) is 0.273. The summed E-state index contributed by atoms with van der Waals surface area (Å²) in [6.45, 7) is 1.69. The molecule has 9 nitrogen and oxygen atoms in total. The summed E-state index contributed by atoms with van der Waals surface area (Å²) in [7, 11) is 0. The Morgan fingerprint density at radius 1 is 1.19 bits per heavy atom. The van der Waals surface area contributed by atoms with E-state index in [2.05, 4.69) is 10.3 Å². The van der Waals surface area contributed by atoms with Crippen LogP contribution in [0.25, 0.3) is 10.9 Å². The van der Waals surface area contributed by atoms with E-state index < -0.39 is 35.4 Å². The fourth-order valence-corrected chi connectivity index (χ4v) is 4.65. The van der Waals surface area contributed by atoms with E-state index in [0.717, 1.165) is 4.57 Å². The van der Waals surface area contributed by atoms with Crippen molar-refractivity contribution < 1.29 is 19.8 Å². The van der Waals surface area contributed by atoms with Crippen LogP contribution in [-0.4, -0.2) is 43.8 Å². The molecule has 1 amide bonds. The molecule has 158 valence electrons. The van der Waals surface area contributed by atoms with Gasteiger partial charge in [-0.05, 0) is 25.1 Å². The zero-order valence-electron chi connectivity index (χ0n) is 16.6. The summed E-state index contributed by atoms with van der Waals surface area (Å²) in [5.74, 6) is -1.48. The third-order valence-electron chi connectivity index (χ3n) is 6.17. The molecule has 2 aliphatic heterocycles. The molecule has 0 radical (unpaired) electrons. The van der Waals surface area contributed by atoms with Gasteiger partial charge in [0.25, 0.3) is 5.56 Å². The molecule has 1 saturated heterocycles. The smallest absolute Gasteiger partial charge is 0.326 e. The number of aliphatic hydroxyl groups is 1. The number of aromatic nitrogens is 2. The van der Waals surface area contributed by atoms with Gasteiger partial charge in [-0.3, -0.25) is 24.4 Å². The van der Waals surface area contributed by atoms with Crippen LogP contribution in [-0.2, 0) is 15.2 Å². The van der Waals surface area contributed by atoms with Crippen LogP contribution in [0.2, 0.25) is 0 Å². The average molecular weight is 420 g/mol. The highest BCUT2D eigenvalue weighted by Gasteiger charge is 2.58. The van der Waals surface area contributed by atoms with Gasteiger partial charge < -0.3 is 10.2 Å². The highest BCUT2D eigenvalue weighted by Crippen LogP contribution is 2.48. The number of hydrogen-bond acceptors (Lipinski definition) is 6. The van der Waals surface area contributed by atoms with E-state index in [1.165, 1.54) is 11.2 Å². The molecule has 0 bridgehead atoms. The lowest BCUT2D eigenvalue weighted by molar-refractivity contribution is -0.144. The molecule has 1 fully saturated rings. The summed E-state index contributed by atoms with van der Waals surface area (Å²) in [6, 6.07) is 11.6. The molecule has 9 heteroatoms. The summed E-state index contributed by atoms with van der Waals surface area (Å²) >= 11 is 0. The normalized spacial score (nSPS) is 25.5. The van der Waals surface area contributed by atoms with Crippen molar-refractivity contribution in [3.63, 3.8) is 0 Å². The van der Waals surface area contributed by atoms with E-state index in [1.54, 1.807) is 55.5 Å². The highest BCUT2D eigenvalue weighted by atomic mass is 16.4. The van der Waals surface area contributed by atoms with E-state index in [1.807, 2.05) is 0 Å². The number of rotatable bonds is 4. The van der Waals surface area contributed by atoms with Gasteiger partial charge in [0, 0.05) is 12.0 Å². The number of para-hydroxylation sites is 2. The minimum absolute atomic E-state index is 0.204. The van der Waals surface area contributed by atoms with Gasteiger partial charge in [-0.15, -0.1) is 0 Å². The molecule has 3 N–H and O–H groups in total. The number of carboxylic acids is 1. The lowest BCUT2D eigenvalue weighted by Crippen LogP contribution is -2.51. The van der Waals surface area contributed by atoms with Gasteiger partial charge in [0.05, 0.1) is 29.0 Å². The lowest BCUT2D eigenvalue weighted by atomic mass is 9.86. The van der Waals surface area contributed by atoms with Gasteiger partial charge in [-0.25, -0.2) is 9.78 Å². The van der Waals surface area contributed by atoms with Crippen LogP contribution in [0.4, 0.5) is 5.69 Å². The summed E-state index contributed by atoms with van der Waals surface area (Å²) in [6.07, 6.45) is 0.0349. The van der Waals surface area contributed by atoms with Crippen LogP contribution < -0.4 is 15.8 Å². The molecule has 3 aromatic rings. The molecule has 31 heavy (non-hydrogen) atoms. The summed E-state index contributed by atoms with van der Waals surface area (Å²) in [4.78, 5) is 43.7. The fourth-order valence-electron chi connectivity index (χ4n) is 4.65. The SMILES string of the molecule is C[C@@H]1N[C@@H]2N(C1=O)c1ccccc1[C@@]2(O)C[C@@H](C(=O)O)n1cnc2ccccc2c1=O. The zero-order chi connectivity index (χ0) is 21.9.